The third-order valence-corrected chi connectivity index (χ3v) is 5.07. The number of hydrogen-bond donors (Lipinski definition) is 0. The van der Waals surface area contributed by atoms with E-state index in [1.165, 1.54) is 0 Å². The number of rotatable bonds is 5. The van der Waals surface area contributed by atoms with Crippen LogP contribution in [-0.4, -0.2) is 34.3 Å². The van der Waals surface area contributed by atoms with E-state index in [1.54, 1.807) is 0 Å². The van der Waals surface area contributed by atoms with Gasteiger partial charge in [0.15, 0.2) is 5.78 Å². The van der Waals surface area contributed by atoms with Gasteiger partial charge in [0.2, 0.25) is 5.91 Å². The van der Waals surface area contributed by atoms with Gasteiger partial charge in [0.1, 0.15) is 5.76 Å². The fraction of sp³-hybridized carbons (Fsp3) is 0.450. The van der Waals surface area contributed by atoms with Crippen molar-refractivity contribution in [2.24, 2.45) is 0 Å². The van der Waals surface area contributed by atoms with Crippen molar-refractivity contribution >= 4 is 11.7 Å². The number of hydrogen-bond acceptors (Lipinski definition) is 4. The van der Waals surface area contributed by atoms with Gasteiger partial charge in [0.25, 0.3) is 0 Å². The number of likely N-dealkylation sites (tertiary alicyclic amines) is 1. The molecule has 1 amide bonds. The second kappa shape index (κ2) is 7.21. The number of benzene rings is 1. The quantitative estimate of drug-likeness (QED) is 0.779. The molecule has 1 aromatic heterocycles. The average molecular weight is 340 g/mol. The Kier molecular flexibility index (Phi) is 5.02. The van der Waals surface area contributed by atoms with E-state index in [0.29, 0.717) is 24.3 Å². The van der Waals surface area contributed by atoms with Crippen LogP contribution in [0.15, 0.2) is 34.9 Å². The van der Waals surface area contributed by atoms with Gasteiger partial charge in [0, 0.05) is 30.1 Å². The van der Waals surface area contributed by atoms with E-state index in [9.17, 15) is 9.59 Å². The molecule has 132 valence electrons. The molecular weight excluding hydrogens is 316 g/mol. The summed E-state index contributed by atoms with van der Waals surface area (Å²) in [6.07, 6.45) is 2.19. The largest absolute Gasteiger partial charge is 0.361 e. The second-order valence-electron chi connectivity index (χ2n) is 6.78. The SMILES string of the molecule is Cc1noc(C)c1[C@H](C)C(=O)N1CCC[C@@H]1CC(=O)c1ccccc1. The molecule has 25 heavy (non-hydrogen) atoms. The molecule has 5 nitrogen and oxygen atoms in total. The van der Waals surface area contributed by atoms with Crippen LogP contribution in [0.3, 0.4) is 0 Å². The number of nitrogens with zero attached hydrogens (tertiary/aromatic N) is 2. The van der Waals surface area contributed by atoms with Crippen LogP contribution in [0.2, 0.25) is 0 Å². The highest BCUT2D eigenvalue weighted by atomic mass is 16.5. The van der Waals surface area contributed by atoms with Crippen molar-refractivity contribution in [1.29, 1.82) is 0 Å². The summed E-state index contributed by atoms with van der Waals surface area (Å²) in [5.41, 5.74) is 2.33. The summed E-state index contributed by atoms with van der Waals surface area (Å²) >= 11 is 0. The molecule has 1 aliphatic heterocycles. The minimum Gasteiger partial charge on any atom is -0.361 e. The third kappa shape index (κ3) is 3.50. The summed E-state index contributed by atoms with van der Waals surface area (Å²) in [6, 6.07) is 9.26. The molecule has 0 unspecified atom stereocenters. The van der Waals surface area contributed by atoms with Gasteiger partial charge >= 0.3 is 0 Å². The predicted octanol–water partition coefficient (Wildman–Crippen LogP) is 3.66. The molecule has 0 bridgehead atoms. The summed E-state index contributed by atoms with van der Waals surface area (Å²) in [7, 11) is 0. The molecule has 1 aliphatic rings. The Bertz CT molecular complexity index is 747. The van der Waals surface area contributed by atoms with Crippen LogP contribution in [0.4, 0.5) is 0 Å². The molecule has 0 radical (unpaired) electrons. The Labute approximate surface area is 148 Å². The van der Waals surface area contributed by atoms with Crippen LogP contribution >= 0.6 is 0 Å². The van der Waals surface area contributed by atoms with E-state index in [0.717, 1.165) is 24.1 Å². The Balaban J connectivity index is 1.73. The Morgan fingerprint density at radius 2 is 2.00 bits per heavy atom. The summed E-state index contributed by atoms with van der Waals surface area (Å²) < 4.78 is 5.20. The molecule has 2 aromatic rings. The fourth-order valence-electron chi connectivity index (χ4n) is 3.77. The van der Waals surface area contributed by atoms with Crippen molar-refractivity contribution in [3.63, 3.8) is 0 Å². The van der Waals surface area contributed by atoms with E-state index in [4.69, 9.17) is 4.52 Å². The first kappa shape index (κ1) is 17.4. The normalized spacial score (nSPS) is 18.4. The monoisotopic (exact) mass is 340 g/mol. The average Bonchev–Trinajstić information content (AvgIpc) is 3.21. The predicted molar refractivity (Wildman–Crippen MR) is 94.5 cm³/mol. The number of aryl methyl sites for hydroxylation is 2. The van der Waals surface area contributed by atoms with Crippen LogP contribution in [0.5, 0.6) is 0 Å². The number of carbonyl (C=O) groups excluding carboxylic acids is 2. The van der Waals surface area contributed by atoms with Gasteiger partial charge in [-0.2, -0.15) is 0 Å². The van der Waals surface area contributed by atoms with E-state index < -0.39 is 0 Å². The molecule has 0 saturated carbocycles. The first-order chi connectivity index (χ1) is 12.0. The molecule has 1 fully saturated rings. The van der Waals surface area contributed by atoms with Gasteiger partial charge in [-0.15, -0.1) is 0 Å². The zero-order valence-corrected chi connectivity index (χ0v) is 15.0. The zero-order valence-electron chi connectivity index (χ0n) is 15.0. The molecule has 0 N–H and O–H groups in total. The Morgan fingerprint density at radius 1 is 1.28 bits per heavy atom. The van der Waals surface area contributed by atoms with Gasteiger partial charge in [-0.1, -0.05) is 35.5 Å². The lowest BCUT2D eigenvalue weighted by Crippen LogP contribution is -2.39. The third-order valence-electron chi connectivity index (χ3n) is 5.07. The van der Waals surface area contributed by atoms with Crippen LogP contribution in [0.25, 0.3) is 0 Å². The highest BCUT2D eigenvalue weighted by Crippen LogP contribution is 2.30. The summed E-state index contributed by atoms with van der Waals surface area (Å²) in [6.45, 7) is 6.29. The van der Waals surface area contributed by atoms with Crippen LogP contribution in [-0.2, 0) is 4.79 Å². The molecule has 1 saturated heterocycles. The summed E-state index contributed by atoms with van der Waals surface area (Å²) in [4.78, 5) is 27.4. The van der Waals surface area contributed by atoms with Crippen molar-refractivity contribution in [2.75, 3.05) is 6.54 Å². The highest BCUT2D eigenvalue weighted by Gasteiger charge is 2.35. The number of carbonyl (C=O) groups is 2. The van der Waals surface area contributed by atoms with Crippen molar-refractivity contribution in [3.8, 4) is 0 Å². The molecule has 2 heterocycles. The van der Waals surface area contributed by atoms with Crippen molar-refractivity contribution in [3.05, 3.63) is 52.9 Å². The second-order valence-corrected chi connectivity index (χ2v) is 6.78. The maximum atomic E-state index is 13.0. The van der Waals surface area contributed by atoms with Gasteiger partial charge in [-0.3, -0.25) is 9.59 Å². The van der Waals surface area contributed by atoms with Crippen molar-refractivity contribution in [1.82, 2.24) is 10.1 Å². The first-order valence-electron chi connectivity index (χ1n) is 8.80. The maximum Gasteiger partial charge on any atom is 0.230 e. The molecule has 2 atom stereocenters. The standard InChI is InChI=1S/C20H24N2O3/c1-13(19-14(2)21-25-15(19)3)20(24)22-11-7-10-17(22)12-18(23)16-8-5-4-6-9-16/h4-6,8-9,13,17H,7,10-12H2,1-3H3/t13-,17+/m0/s1. The summed E-state index contributed by atoms with van der Waals surface area (Å²) in [5, 5.41) is 3.95. The van der Waals surface area contributed by atoms with Gasteiger partial charge in [-0.05, 0) is 33.6 Å². The molecule has 5 heteroatoms. The Hall–Kier alpha value is -2.43. The summed E-state index contributed by atoms with van der Waals surface area (Å²) in [5.74, 6) is 0.529. The molecule has 0 spiro atoms. The van der Waals surface area contributed by atoms with Crippen LogP contribution in [0, 0.1) is 13.8 Å². The lowest BCUT2D eigenvalue weighted by molar-refractivity contribution is -0.133. The smallest absolute Gasteiger partial charge is 0.230 e. The molecule has 3 rings (SSSR count). The van der Waals surface area contributed by atoms with Crippen molar-refractivity contribution in [2.45, 2.75) is 52.0 Å². The minimum atomic E-state index is -0.307. The lowest BCUT2D eigenvalue weighted by Gasteiger charge is -2.27. The topological polar surface area (TPSA) is 63.4 Å². The number of ketones is 1. The van der Waals surface area contributed by atoms with Crippen LogP contribution in [0.1, 0.15) is 59.5 Å². The van der Waals surface area contributed by atoms with Gasteiger partial charge < -0.3 is 9.42 Å². The molecule has 1 aromatic carbocycles. The number of Topliss-reactive ketones (excluding diaryl/α,β-unsaturated/α-hetero) is 1. The lowest BCUT2D eigenvalue weighted by atomic mass is 9.96. The van der Waals surface area contributed by atoms with Gasteiger partial charge in [0.05, 0.1) is 11.6 Å². The van der Waals surface area contributed by atoms with E-state index in [-0.39, 0.29) is 23.7 Å². The molecular formula is C20H24N2O3. The minimum absolute atomic E-state index is 0.0249. The number of amides is 1. The van der Waals surface area contributed by atoms with E-state index in [1.807, 2.05) is 56.0 Å². The number of aromatic nitrogens is 1. The van der Waals surface area contributed by atoms with Gasteiger partial charge in [-0.25, -0.2) is 0 Å². The highest BCUT2D eigenvalue weighted by molar-refractivity contribution is 5.96. The van der Waals surface area contributed by atoms with Crippen LogP contribution < -0.4 is 0 Å². The first-order valence-corrected chi connectivity index (χ1v) is 8.80. The fourth-order valence-corrected chi connectivity index (χ4v) is 3.77. The maximum absolute atomic E-state index is 13.0. The van der Waals surface area contributed by atoms with Crippen molar-refractivity contribution < 1.29 is 14.1 Å². The van der Waals surface area contributed by atoms with E-state index >= 15 is 0 Å². The molecule has 0 aliphatic carbocycles. The Morgan fingerprint density at radius 3 is 2.64 bits per heavy atom. The van der Waals surface area contributed by atoms with E-state index in [2.05, 4.69) is 5.16 Å². The zero-order chi connectivity index (χ0) is 18.0.